The second-order valence-electron chi connectivity index (χ2n) is 6.82. The highest BCUT2D eigenvalue weighted by atomic mass is 28.3. The summed E-state index contributed by atoms with van der Waals surface area (Å²) < 4.78 is 18.2. The number of para-hydroxylation sites is 2. The summed E-state index contributed by atoms with van der Waals surface area (Å²) in [7, 11) is -1.57. The van der Waals surface area contributed by atoms with Gasteiger partial charge in [-0.15, -0.1) is 0 Å². The van der Waals surface area contributed by atoms with Gasteiger partial charge in [0.15, 0.2) is 19.5 Å². The zero-order chi connectivity index (χ0) is 19.2. The lowest BCUT2D eigenvalue weighted by atomic mass is 10.3. The second kappa shape index (κ2) is 13.6. The van der Waals surface area contributed by atoms with Crippen molar-refractivity contribution < 1.29 is 13.6 Å². The van der Waals surface area contributed by atoms with Gasteiger partial charge in [0.25, 0.3) is 0 Å². The van der Waals surface area contributed by atoms with E-state index < -0.39 is 19.5 Å². The van der Waals surface area contributed by atoms with Crippen LogP contribution in [0.25, 0.3) is 0 Å². The van der Waals surface area contributed by atoms with Gasteiger partial charge >= 0.3 is 0 Å². The maximum atomic E-state index is 6.26. The molecule has 0 N–H and O–H groups in total. The van der Waals surface area contributed by atoms with Gasteiger partial charge in [0.1, 0.15) is 11.5 Å². The van der Waals surface area contributed by atoms with E-state index in [0.717, 1.165) is 37.6 Å². The second-order valence-corrected chi connectivity index (χ2v) is 10.6. The standard InChI is InChI=1S/C22H34O3Si2/c1-3-5-11-17-23-19-13-7-9-15-21(19)26-25-27-22-16-10-8-14-20(22)24-18-12-6-4-2/h7-10,13-16H,3-6,11-12,17-18,26-27H2,1-2H3. The fourth-order valence-corrected chi connectivity index (χ4v) is 6.22. The Morgan fingerprint density at radius 3 is 1.52 bits per heavy atom. The number of hydrogen-bond acceptors (Lipinski definition) is 3. The van der Waals surface area contributed by atoms with Gasteiger partial charge in [0.05, 0.1) is 13.2 Å². The lowest BCUT2D eigenvalue weighted by Gasteiger charge is -2.13. The first-order valence-corrected chi connectivity index (χ1v) is 12.9. The van der Waals surface area contributed by atoms with Crippen LogP contribution in [0.15, 0.2) is 48.5 Å². The Hall–Kier alpha value is -1.57. The molecule has 148 valence electrons. The third kappa shape index (κ3) is 8.32. The smallest absolute Gasteiger partial charge is 0.182 e. The highest BCUT2D eigenvalue weighted by Crippen LogP contribution is 2.09. The van der Waals surface area contributed by atoms with Crippen molar-refractivity contribution in [2.75, 3.05) is 13.2 Å². The molecular formula is C22H34O3Si2. The van der Waals surface area contributed by atoms with Gasteiger partial charge in [-0.05, 0) is 25.0 Å². The van der Waals surface area contributed by atoms with E-state index in [9.17, 15) is 0 Å². The van der Waals surface area contributed by atoms with E-state index in [1.54, 1.807) is 0 Å². The van der Waals surface area contributed by atoms with Crippen LogP contribution in [0.4, 0.5) is 0 Å². The molecular weight excluding hydrogens is 368 g/mol. The summed E-state index contributed by atoms with van der Waals surface area (Å²) in [5.41, 5.74) is 0. The van der Waals surface area contributed by atoms with Crippen molar-refractivity contribution in [3.8, 4) is 11.5 Å². The van der Waals surface area contributed by atoms with Gasteiger partial charge < -0.3 is 13.6 Å². The van der Waals surface area contributed by atoms with Gasteiger partial charge in [-0.2, -0.15) is 0 Å². The Morgan fingerprint density at radius 2 is 1.07 bits per heavy atom. The summed E-state index contributed by atoms with van der Waals surface area (Å²) >= 11 is 0. The summed E-state index contributed by atoms with van der Waals surface area (Å²) in [6.07, 6.45) is 7.11. The van der Waals surface area contributed by atoms with Gasteiger partial charge in [-0.25, -0.2) is 0 Å². The van der Waals surface area contributed by atoms with E-state index in [-0.39, 0.29) is 0 Å². The molecule has 27 heavy (non-hydrogen) atoms. The topological polar surface area (TPSA) is 27.7 Å². The molecule has 0 bridgehead atoms. The van der Waals surface area contributed by atoms with Crippen molar-refractivity contribution in [2.24, 2.45) is 0 Å². The zero-order valence-corrected chi connectivity index (χ0v) is 19.7. The predicted molar refractivity (Wildman–Crippen MR) is 120 cm³/mol. The molecule has 5 heteroatoms. The Bertz CT molecular complexity index is 593. The molecule has 0 spiro atoms. The van der Waals surface area contributed by atoms with Crippen LogP contribution in [0.1, 0.15) is 52.4 Å². The normalized spacial score (nSPS) is 11.6. The molecule has 2 aromatic rings. The molecule has 0 heterocycles. The van der Waals surface area contributed by atoms with Gasteiger partial charge in [0, 0.05) is 10.4 Å². The van der Waals surface area contributed by atoms with E-state index in [0.29, 0.717) is 0 Å². The average Bonchev–Trinajstić information content (AvgIpc) is 2.70. The molecule has 2 rings (SSSR count). The number of hydrogen-bond donors (Lipinski definition) is 0. The monoisotopic (exact) mass is 402 g/mol. The SMILES string of the molecule is CCCCCOc1ccccc1[SiH2]O[SiH2]c1ccccc1OCCCCC. The minimum atomic E-state index is -0.786. The molecule has 2 aromatic carbocycles. The number of ether oxygens (including phenoxy) is 2. The summed E-state index contributed by atoms with van der Waals surface area (Å²) in [5, 5.41) is 2.53. The van der Waals surface area contributed by atoms with E-state index in [2.05, 4.69) is 50.2 Å². The third-order valence-corrected chi connectivity index (χ3v) is 7.89. The highest BCUT2D eigenvalue weighted by molar-refractivity contribution is 6.61. The van der Waals surface area contributed by atoms with Crippen molar-refractivity contribution >= 4 is 29.9 Å². The zero-order valence-electron chi connectivity index (χ0n) is 16.9. The molecule has 0 saturated heterocycles. The van der Waals surface area contributed by atoms with Crippen molar-refractivity contribution in [2.45, 2.75) is 52.4 Å². The summed E-state index contributed by atoms with van der Waals surface area (Å²) in [6.45, 7) is 6.02. The van der Waals surface area contributed by atoms with Crippen molar-refractivity contribution in [3.63, 3.8) is 0 Å². The molecule has 3 nitrogen and oxygen atoms in total. The molecule has 0 saturated carbocycles. The fraction of sp³-hybridized carbons (Fsp3) is 0.455. The maximum absolute atomic E-state index is 6.26. The first-order chi connectivity index (χ1) is 13.3. The lowest BCUT2D eigenvalue weighted by molar-refractivity contribution is 0.308. The molecule has 0 fully saturated rings. The quantitative estimate of drug-likeness (QED) is 0.359. The van der Waals surface area contributed by atoms with Gasteiger partial charge in [-0.3, -0.25) is 0 Å². The van der Waals surface area contributed by atoms with Crippen LogP contribution in [0.2, 0.25) is 0 Å². The molecule has 0 atom stereocenters. The van der Waals surface area contributed by atoms with Crippen molar-refractivity contribution in [1.29, 1.82) is 0 Å². The number of rotatable bonds is 14. The summed E-state index contributed by atoms with van der Waals surface area (Å²) in [4.78, 5) is 0. The molecule has 0 unspecified atom stereocenters. The van der Waals surface area contributed by atoms with E-state index in [1.807, 2.05) is 12.1 Å². The molecule has 0 amide bonds. The average molecular weight is 403 g/mol. The summed E-state index contributed by atoms with van der Waals surface area (Å²) in [5.74, 6) is 2.02. The molecule has 0 aliphatic heterocycles. The van der Waals surface area contributed by atoms with Gasteiger partial charge in [-0.1, -0.05) is 75.9 Å². The first-order valence-electron chi connectivity index (χ1n) is 10.3. The Balaban J connectivity index is 1.84. The summed E-state index contributed by atoms with van der Waals surface area (Å²) in [6, 6.07) is 16.7. The highest BCUT2D eigenvalue weighted by Gasteiger charge is 2.07. The van der Waals surface area contributed by atoms with Crippen molar-refractivity contribution in [1.82, 2.24) is 0 Å². The Morgan fingerprint density at radius 1 is 0.630 bits per heavy atom. The fourth-order valence-electron chi connectivity index (χ4n) is 2.87. The minimum Gasteiger partial charge on any atom is -0.494 e. The first kappa shape index (κ1) is 21.7. The molecule has 0 aliphatic rings. The molecule has 0 radical (unpaired) electrons. The van der Waals surface area contributed by atoms with Crippen LogP contribution >= 0.6 is 0 Å². The predicted octanol–water partition coefficient (Wildman–Crippen LogP) is 2.96. The van der Waals surface area contributed by atoms with Crippen LogP contribution in [-0.4, -0.2) is 32.7 Å². The third-order valence-electron chi connectivity index (χ3n) is 4.47. The van der Waals surface area contributed by atoms with Crippen LogP contribution in [0.3, 0.4) is 0 Å². The van der Waals surface area contributed by atoms with Crippen LogP contribution in [0, 0.1) is 0 Å². The van der Waals surface area contributed by atoms with Crippen LogP contribution < -0.4 is 19.8 Å². The Kier molecular flexibility index (Phi) is 10.9. The lowest BCUT2D eigenvalue weighted by Crippen LogP contribution is -2.28. The largest absolute Gasteiger partial charge is 0.494 e. The van der Waals surface area contributed by atoms with E-state index in [4.69, 9.17) is 13.6 Å². The minimum absolute atomic E-state index is 0.786. The molecule has 0 aliphatic carbocycles. The van der Waals surface area contributed by atoms with Crippen LogP contribution in [0.5, 0.6) is 11.5 Å². The number of unbranched alkanes of at least 4 members (excludes halogenated alkanes) is 4. The molecule has 0 aromatic heterocycles. The van der Waals surface area contributed by atoms with Gasteiger partial charge in [0.2, 0.25) is 0 Å². The number of benzene rings is 2. The maximum Gasteiger partial charge on any atom is 0.182 e. The Labute approximate surface area is 169 Å². The van der Waals surface area contributed by atoms with Crippen molar-refractivity contribution in [3.05, 3.63) is 48.5 Å². The van der Waals surface area contributed by atoms with Crippen LogP contribution in [-0.2, 0) is 4.12 Å². The van der Waals surface area contributed by atoms with E-state index in [1.165, 1.54) is 36.1 Å². The van der Waals surface area contributed by atoms with E-state index >= 15 is 0 Å².